The van der Waals surface area contributed by atoms with Crippen molar-refractivity contribution >= 4 is 23.3 Å². The van der Waals surface area contributed by atoms with Crippen molar-refractivity contribution in [3.8, 4) is 0 Å². The number of halogens is 1. The number of hydrogen-bond donors (Lipinski definition) is 1. The second-order valence-electron chi connectivity index (χ2n) is 6.25. The van der Waals surface area contributed by atoms with Gasteiger partial charge in [0.1, 0.15) is 11.5 Å². The molecule has 6 nitrogen and oxygen atoms in total. The number of hydrogen-bond acceptors (Lipinski definition) is 4. The zero-order valence-electron chi connectivity index (χ0n) is 13.4. The topological polar surface area (TPSA) is 73.7 Å². The average molecular weight is 341 g/mol. The summed E-state index contributed by atoms with van der Waals surface area (Å²) < 4.78 is 13.8. The Morgan fingerprint density at radius 3 is 2.56 bits per heavy atom. The third-order valence-corrected chi connectivity index (χ3v) is 4.56. The molecule has 2 heterocycles. The highest BCUT2D eigenvalue weighted by atomic mass is 19.1. The Balaban J connectivity index is 1.67. The fourth-order valence-electron chi connectivity index (χ4n) is 3.17. The SMILES string of the molecule is O=C(O)c1ccc(C(=O)N2CCN(C3CC3)c3ccc(F)cc32)nc1. The largest absolute Gasteiger partial charge is 0.478 e. The highest BCUT2D eigenvalue weighted by molar-refractivity contribution is 6.07. The van der Waals surface area contributed by atoms with Crippen molar-refractivity contribution in [1.29, 1.82) is 0 Å². The second kappa shape index (κ2) is 5.84. The van der Waals surface area contributed by atoms with Gasteiger partial charge in [-0.3, -0.25) is 9.78 Å². The zero-order chi connectivity index (χ0) is 17.6. The smallest absolute Gasteiger partial charge is 0.337 e. The average Bonchev–Trinajstić information content (AvgIpc) is 3.45. The lowest BCUT2D eigenvalue weighted by Crippen LogP contribution is -2.45. The van der Waals surface area contributed by atoms with Crippen molar-refractivity contribution in [2.45, 2.75) is 18.9 Å². The molecule has 128 valence electrons. The Labute approximate surface area is 143 Å². The van der Waals surface area contributed by atoms with E-state index >= 15 is 0 Å². The minimum atomic E-state index is -1.10. The van der Waals surface area contributed by atoms with Gasteiger partial charge in [0.15, 0.2) is 0 Å². The number of fused-ring (bicyclic) bond motifs is 1. The van der Waals surface area contributed by atoms with E-state index in [2.05, 4.69) is 9.88 Å². The minimum Gasteiger partial charge on any atom is -0.478 e. The van der Waals surface area contributed by atoms with Gasteiger partial charge in [-0.2, -0.15) is 0 Å². The van der Waals surface area contributed by atoms with E-state index < -0.39 is 11.8 Å². The molecule has 1 aliphatic carbocycles. The third kappa shape index (κ3) is 2.82. The van der Waals surface area contributed by atoms with E-state index in [0.717, 1.165) is 24.7 Å². The first-order chi connectivity index (χ1) is 12.0. The Hall–Kier alpha value is -2.96. The Morgan fingerprint density at radius 1 is 1.12 bits per heavy atom. The van der Waals surface area contributed by atoms with Crippen molar-refractivity contribution in [1.82, 2.24) is 4.98 Å². The number of carboxylic acid groups (broad SMARTS) is 1. The number of aromatic carboxylic acids is 1. The van der Waals surface area contributed by atoms with Crippen LogP contribution in [0.2, 0.25) is 0 Å². The maximum atomic E-state index is 13.8. The van der Waals surface area contributed by atoms with Crippen molar-refractivity contribution in [2.24, 2.45) is 0 Å². The van der Waals surface area contributed by atoms with Gasteiger partial charge in [-0.05, 0) is 43.2 Å². The molecule has 0 saturated heterocycles. The summed E-state index contributed by atoms with van der Waals surface area (Å²) >= 11 is 0. The summed E-state index contributed by atoms with van der Waals surface area (Å²) in [4.78, 5) is 31.4. The number of rotatable bonds is 3. The summed E-state index contributed by atoms with van der Waals surface area (Å²) in [5, 5.41) is 8.93. The number of aromatic nitrogens is 1. The van der Waals surface area contributed by atoms with Crippen LogP contribution in [0.4, 0.5) is 15.8 Å². The minimum absolute atomic E-state index is 0.0153. The number of carbonyl (C=O) groups is 2. The van der Waals surface area contributed by atoms with E-state index in [9.17, 15) is 14.0 Å². The van der Waals surface area contributed by atoms with Crippen molar-refractivity contribution in [3.05, 3.63) is 53.6 Å². The first-order valence-electron chi connectivity index (χ1n) is 8.12. The summed E-state index contributed by atoms with van der Waals surface area (Å²) in [5.41, 5.74) is 1.54. The number of pyridine rings is 1. The molecule has 0 atom stereocenters. The Morgan fingerprint density at radius 2 is 1.92 bits per heavy atom. The first kappa shape index (κ1) is 15.6. The van der Waals surface area contributed by atoms with Crippen LogP contribution >= 0.6 is 0 Å². The molecule has 1 aromatic heterocycles. The molecule has 7 heteroatoms. The van der Waals surface area contributed by atoms with Crippen LogP contribution in [0.5, 0.6) is 0 Å². The van der Waals surface area contributed by atoms with Gasteiger partial charge in [0.25, 0.3) is 5.91 Å². The number of anilines is 2. The molecule has 25 heavy (non-hydrogen) atoms. The van der Waals surface area contributed by atoms with Gasteiger partial charge in [0, 0.05) is 25.3 Å². The maximum Gasteiger partial charge on any atom is 0.337 e. The second-order valence-corrected chi connectivity index (χ2v) is 6.25. The fourth-order valence-corrected chi connectivity index (χ4v) is 3.17. The lowest BCUT2D eigenvalue weighted by atomic mass is 10.1. The predicted octanol–water partition coefficient (Wildman–Crippen LogP) is 2.55. The highest BCUT2D eigenvalue weighted by Crippen LogP contribution is 2.40. The van der Waals surface area contributed by atoms with Crippen molar-refractivity contribution in [2.75, 3.05) is 22.9 Å². The molecule has 2 aliphatic rings. The lowest BCUT2D eigenvalue weighted by molar-refractivity contribution is 0.0695. The van der Waals surface area contributed by atoms with Crippen molar-refractivity contribution < 1.29 is 19.1 Å². The molecule has 1 saturated carbocycles. The van der Waals surface area contributed by atoms with Crippen LogP contribution in [0.25, 0.3) is 0 Å². The quantitative estimate of drug-likeness (QED) is 0.929. The van der Waals surface area contributed by atoms with E-state index in [0.29, 0.717) is 24.8 Å². The number of benzene rings is 1. The molecule has 0 bridgehead atoms. The molecule has 2 aromatic rings. The lowest BCUT2D eigenvalue weighted by Gasteiger charge is -2.37. The van der Waals surface area contributed by atoms with E-state index in [4.69, 9.17) is 5.11 Å². The summed E-state index contributed by atoms with van der Waals surface area (Å²) in [6.45, 7) is 1.12. The number of carboxylic acids is 1. The maximum absolute atomic E-state index is 13.8. The van der Waals surface area contributed by atoms with Crippen LogP contribution in [-0.4, -0.2) is 41.1 Å². The van der Waals surface area contributed by atoms with Gasteiger partial charge in [-0.15, -0.1) is 0 Å². The molecule has 0 unspecified atom stereocenters. The predicted molar refractivity (Wildman–Crippen MR) is 89.6 cm³/mol. The first-order valence-corrected chi connectivity index (χ1v) is 8.12. The number of carbonyl (C=O) groups excluding carboxylic acids is 1. The Bertz CT molecular complexity index is 849. The molecule has 1 aliphatic heterocycles. The molecule has 0 radical (unpaired) electrons. The molecular formula is C18H16FN3O3. The molecule has 1 N–H and O–H groups in total. The molecule has 1 amide bonds. The normalized spacial score (nSPS) is 16.5. The van der Waals surface area contributed by atoms with Crippen LogP contribution in [0, 0.1) is 5.82 Å². The summed E-state index contributed by atoms with van der Waals surface area (Å²) in [6.07, 6.45) is 3.38. The monoisotopic (exact) mass is 341 g/mol. The van der Waals surface area contributed by atoms with Gasteiger partial charge in [0.2, 0.25) is 0 Å². The molecule has 1 fully saturated rings. The highest BCUT2D eigenvalue weighted by Gasteiger charge is 2.36. The number of amides is 1. The van der Waals surface area contributed by atoms with Crippen LogP contribution in [-0.2, 0) is 0 Å². The van der Waals surface area contributed by atoms with Crippen LogP contribution < -0.4 is 9.80 Å². The molecule has 0 spiro atoms. The Kier molecular flexibility index (Phi) is 3.63. The van der Waals surface area contributed by atoms with Crippen LogP contribution in [0.15, 0.2) is 36.5 Å². The van der Waals surface area contributed by atoms with E-state index in [1.165, 1.54) is 29.2 Å². The zero-order valence-corrected chi connectivity index (χ0v) is 13.4. The summed E-state index contributed by atoms with van der Waals surface area (Å²) in [5.74, 6) is -1.86. The molecule has 1 aromatic carbocycles. The third-order valence-electron chi connectivity index (χ3n) is 4.56. The van der Waals surface area contributed by atoms with Crippen LogP contribution in [0.3, 0.4) is 0 Å². The van der Waals surface area contributed by atoms with E-state index in [-0.39, 0.29) is 17.2 Å². The van der Waals surface area contributed by atoms with Crippen LogP contribution in [0.1, 0.15) is 33.7 Å². The molecular weight excluding hydrogens is 325 g/mol. The van der Waals surface area contributed by atoms with Gasteiger partial charge < -0.3 is 14.9 Å². The van der Waals surface area contributed by atoms with E-state index in [1.807, 2.05) is 0 Å². The van der Waals surface area contributed by atoms with Gasteiger partial charge >= 0.3 is 5.97 Å². The summed E-state index contributed by atoms with van der Waals surface area (Å²) in [6, 6.07) is 7.68. The van der Waals surface area contributed by atoms with Gasteiger partial charge in [-0.1, -0.05) is 0 Å². The van der Waals surface area contributed by atoms with Crippen molar-refractivity contribution in [3.63, 3.8) is 0 Å². The molecule has 4 rings (SSSR count). The number of nitrogens with zero attached hydrogens (tertiary/aromatic N) is 3. The van der Waals surface area contributed by atoms with Gasteiger partial charge in [-0.25, -0.2) is 9.18 Å². The van der Waals surface area contributed by atoms with E-state index in [1.54, 1.807) is 6.07 Å². The fraction of sp³-hybridized carbons (Fsp3) is 0.278. The van der Waals surface area contributed by atoms with Gasteiger partial charge in [0.05, 0.1) is 16.9 Å². The standard InChI is InChI=1S/C18H16FN3O3/c19-12-2-6-15-16(9-12)22(8-7-21(15)13-3-4-13)17(23)14-5-1-11(10-20-14)18(24)25/h1-2,5-6,9-10,13H,3-4,7-8H2,(H,24,25). The summed E-state index contributed by atoms with van der Waals surface area (Å²) in [7, 11) is 0.